The maximum Gasteiger partial charge on any atom is 0.490 e. The molecule has 9 nitrogen and oxygen atoms in total. The van der Waals surface area contributed by atoms with Crippen LogP contribution in [0, 0.1) is 11.3 Å². The molecule has 13 heteroatoms. The number of halogens is 3. The first-order valence-electron chi connectivity index (χ1n) is 12.0. The van der Waals surface area contributed by atoms with Crippen molar-refractivity contribution in [2.24, 2.45) is 11.3 Å². The second-order valence-electron chi connectivity index (χ2n) is 9.76. The van der Waals surface area contributed by atoms with E-state index in [9.17, 15) is 26.4 Å². The summed E-state index contributed by atoms with van der Waals surface area (Å²) >= 11 is 0. The Morgan fingerprint density at radius 1 is 1.13 bits per heavy atom. The molecule has 1 spiro atoms. The van der Waals surface area contributed by atoms with E-state index in [0.717, 1.165) is 0 Å². The largest absolute Gasteiger partial charge is 0.492 e. The molecule has 2 aliphatic rings. The van der Waals surface area contributed by atoms with Crippen molar-refractivity contribution in [3.05, 3.63) is 54.4 Å². The number of carbonyl (C=O) groups is 2. The van der Waals surface area contributed by atoms with Gasteiger partial charge in [-0.15, -0.1) is 0 Å². The van der Waals surface area contributed by atoms with Crippen LogP contribution in [0.2, 0.25) is 0 Å². The van der Waals surface area contributed by atoms with E-state index in [0.29, 0.717) is 56.9 Å². The number of pyridine rings is 1. The number of aromatic nitrogens is 1. The molecule has 0 atom stereocenters. The number of carboxylic acids is 1. The first kappa shape index (κ1) is 29.4. The van der Waals surface area contributed by atoms with Gasteiger partial charge in [-0.3, -0.25) is 9.78 Å². The highest BCUT2D eigenvalue weighted by Gasteiger charge is 2.43. The second kappa shape index (κ2) is 11.7. The molecule has 4 rings (SSSR count). The van der Waals surface area contributed by atoms with Gasteiger partial charge >= 0.3 is 12.1 Å². The topological polar surface area (TPSA) is 117 Å². The van der Waals surface area contributed by atoms with Crippen LogP contribution in [-0.2, 0) is 14.8 Å². The normalized spacial score (nSPS) is 18.8. The number of fused-ring (bicyclic) bond motifs is 1. The minimum absolute atomic E-state index is 0.0354. The lowest BCUT2D eigenvalue weighted by molar-refractivity contribution is -0.192. The number of carboxylic acid groups (broad SMARTS) is 1. The van der Waals surface area contributed by atoms with Gasteiger partial charge in [-0.1, -0.05) is 26.0 Å². The van der Waals surface area contributed by atoms with Crippen LogP contribution in [0.15, 0.2) is 53.7 Å². The maximum absolute atomic E-state index is 13.5. The number of aliphatic carboxylic acids is 1. The number of hydrogen-bond donors (Lipinski definition) is 1. The summed E-state index contributed by atoms with van der Waals surface area (Å²) in [4.78, 5) is 27.8. The fraction of sp³-hybridized carbons (Fsp3) is 0.480. The number of hydrogen-bond acceptors (Lipinski definition) is 6. The van der Waals surface area contributed by atoms with Crippen molar-refractivity contribution < 1.29 is 41.0 Å². The molecule has 1 N–H and O–H groups in total. The lowest BCUT2D eigenvalue weighted by Crippen LogP contribution is -2.53. The van der Waals surface area contributed by atoms with Crippen molar-refractivity contribution in [1.82, 2.24) is 14.2 Å². The molecular weight excluding hydrogens is 527 g/mol. The van der Waals surface area contributed by atoms with Crippen LogP contribution >= 0.6 is 0 Å². The Balaban J connectivity index is 0.000000505. The Morgan fingerprint density at radius 3 is 2.32 bits per heavy atom. The number of benzene rings is 1. The SMILES string of the molecule is CC(C)CN1CC2(CCN(C(=O)c3cccnc3)CC2)COc2ccccc2S1(=O)=O.O=C(O)C(F)(F)F. The molecule has 0 radical (unpaired) electrons. The van der Waals surface area contributed by atoms with Crippen LogP contribution in [0.1, 0.15) is 37.0 Å². The highest BCUT2D eigenvalue weighted by molar-refractivity contribution is 7.89. The number of piperidine rings is 1. The van der Waals surface area contributed by atoms with E-state index in [-0.39, 0.29) is 22.1 Å². The molecule has 1 aromatic heterocycles. The van der Waals surface area contributed by atoms with Crippen molar-refractivity contribution in [3.8, 4) is 5.75 Å². The van der Waals surface area contributed by atoms with Gasteiger partial charge in [0, 0.05) is 44.0 Å². The van der Waals surface area contributed by atoms with E-state index in [1.165, 1.54) is 0 Å². The Kier molecular flexibility index (Phi) is 9.03. The van der Waals surface area contributed by atoms with Crippen molar-refractivity contribution in [1.29, 1.82) is 0 Å². The van der Waals surface area contributed by atoms with E-state index in [1.54, 1.807) is 53.1 Å². The van der Waals surface area contributed by atoms with Crippen molar-refractivity contribution >= 4 is 21.9 Å². The maximum atomic E-state index is 13.5. The lowest BCUT2D eigenvalue weighted by atomic mass is 9.78. The van der Waals surface area contributed by atoms with Crippen molar-refractivity contribution in [2.75, 3.05) is 32.8 Å². The molecule has 1 fully saturated rings. The molecule has 38 heavy (non-hydrogen) atoms. The Morgan fingerprint density at radius 2 is 1.76 bits per heavy atom. The van der Waals surface area contributed by atoms with Gasteiger partial charge in [-0.2, -0.15) is 17.5 Å². The highest BCUT2D eigenvalue weighted by Crippen LogP contribution is 2.39. The molecule has 1 aromatic carbocycles. The van der Waals surface area contributed by atoms with E-state index in [4.69, 9.17) is 14.6 Å². The third-order valence-corrected chi connectivity index (χ3v) is 8.19. The van der Waals surface area contributed by atoms with E-state index < -0.39 is 22.2 Å². The summed E-state index contributed by atoms with van der Waals surface area (Å²) in [5.41, 5.74) is 0.242. The molecule has 2 aliphatic heterocycles. The molecule has 1 saturated heterocycles. The summed E-state index contributed by atoms with van der Waals surface area (Å²) in [6.07, 6.45) is -0.481. The van der Waals surface area contributed by atoms with Crippen LogP contribution < -0.4 is 4.74 Å². The van der Waals surface area contributed by atoms with Crippen LogP contribution in [-0.4, -0.2) is 78.6 Å². The third-order valence-electron chi connectivity index (χ3n) is 6.34. The number of carbonyl (C=O) groups excluding carboxylic acids is 1. The van der Waals surface area contributed by atoms with Crippen LogP contribution in [0.3, 0.4) is 0 Å². The van der Waals surface area contributed by atoms with Gasteiger partial charge in [-0.05, 0) is 43.0 Å². The second-order valence-corrected chi connectivity index (χ2v) is 11.7. The van der Waals surface area contributed by atoms with E-state index in [2.05, 4.69) is 4.98 Å². The number of alkyl halides is 3. The smallest absolute Gasteiger partial charge is 0.490 e. The number of para-hydroxylation sites is 1. The standard InChI is InChI=1S/C23H29N3O4S.C2HF3O2/c1-18(2)15-26-16-23(17-30-20-7-3-4-8-21(20)31(26,28)29)9-12-25(13-10-23)22(27)19-6-5-11-24-14-19;3-2(4,5)1(6)7/h3-8,11,14,18H,9-10,12-13,15-17H2,1-2H3;(H,6,7). The van der Waals surface area contributed by atoms with Crippen LogP contribution in [0.4, 0.5) is 13.2 Å². The van der Waals surface area contributed by atoms with Gasteiger partial charge in [0.1, 0.15) is 10.6 Å². The fourth-order valence-corrected chi connectivity index (χ4v) is 6.23. The predicted molar refractivity (Wildman–Crippen MR) is 131 cm³/mol. The summed E-state index contributed by atoms with van der Waals surface area (Å²) in [5, 5.41) is 7.12. The molecule has 1 amide bonds. The Hall–Kier alpha value is -3.19. The zero-order valence-corrected chi connectivity index (χ0v) is 21.8. The quantitative estimate of drug-likeness (QED) is 0.612. The highest BCUT2D eigenvalue weighted by atomic mass is 32.2. The van der Waals surface area contributed by atoms with Crippen molar-refractivity contribution in [3.63, 3.8) is 0 Å². The van der Waals surface area contributed by atoms with Gasteiger partial charge in [0.2, 0.25) is 10.0 Å². The summed E-state index contributed by atoms with van der Waals surface area (Å²) in [7, 11) is -3.67. The Bertz CT molecular complexity index is 1230. The first-order chi connectivity index (χ1) is 17.7. The number of nitrogens with zero attached hydrogens (tertiary/aromatic N) is 3. The summed E-state index contributed by atoms with van der Waals surface area (Å²) in [6.45, 7) is 6.47. The summed E-state index contributed by atoms with van der Waals surface area (Å²) in [5.74, 6) is -2.19. The van der Waals surface area contributed by atoms with Crippen LogP contribution in [0.25, 0.3) is 0 Å². The number of rotatable bonds is 3. The molecule has 2 aromatic rings. The Labute approximate surface area is 219 Å². The molecule has 0 aliphatic carbocycles. The average Bonchev–Trinajstić information content (AvgIpc) is 2.87. The van der Waals surface area contributed by atoms with Gasteiger partial charge in [-0.25, -0.2) is 13.2 Å². The lowest BCUT2D eigenvalue weighted by Gasteiger charge is -2.45. The molecule has 208 valence electrons. The fourth-order valence-electron chi connectivity index (χ4n) is 4.39. The van der Waals surface area contributed by atoms with Gasteiger partial charge < -0.3 is 14.7 Å². The van der Waals surface area contributed by atoms with Gasteiger partial charge in [0.25, 0.3) is 5.91 Å². The summed E-state index contributed by atoms with van der Waals surface area (Å²) in [6, 6.07) is 10.4. The predicted octanol–water partition coefficient (Wildman–Crippen LogP) is 3.68. The molecule has 0 saturated carbocycles. The monoisotopic (exact) mass is 557 g/mol. The van der Waals surface area contributed by atoms with Gasteiger partial charge in [0.05, 0.1) is 12.2 Å². The minimum Gasteiger partial charge on any atom is -0.492 e. The number of sulfonamides is 1. The van der Waals surface area contributed by atoms with E-state index in [1.807, 2.05) is 18.7 Å². The number of ether oxygens (including phenoxy) is 1. The zero-order valence-electron chi connectivity index (χ0n) is 21.0. The first-order valence-corrected chi connectivity index (χ1v) is 13.4. The summed E-state index contributed by atoms with van der Waals surface area (Å²) < 4.78 is 66.4. The van der Waals surface area contributed by atoms with Gasteiger partial charge in [0.15, 0.2) is 0 Å². The van der Waals surface area contributed by atoms with Crippen molar-refractivity contribution in [2.45, 2.75) is 37.8 Å². The molecule has 0 bridgehead atoms. The number of likely N-dealkylation sites (tertiary alicyclic amines) is 1. The van der Waals surface area contributed by atoms with Crippen LogP contribution in [0.5, 0.6) is 5.75 Å². The van der Waals surface area contributed by atoms with E-state index >= 15 is 0 Å². The average molecular weight is 558 g/mol. The minimum atomic E-state index is -5.08. The zero-order chi connectivity index (χ0) is 28.1. The molecular formula is C25H30F3N3O6S. The third kappa shape index (κ3) is 7.01. The molecule has 0 unspecified atom stereocenters. The number of amides is 1. The molecule has 3 heterocycles.